The van der Waals surface area contributed by atoms with E-state index in [1.807, 2.05) is 6.07 Å². The molecule has 3 saturated carbocycles. The van der Waals surface area contributed by atoms with Crippen LogP contribution in [0.1, 0.15) is 58.8 Å². The highest BCUT2D eigenvalue weighted by atomic mass is 32.2. The number of Topliss-reactive ketones (excluding diaryl/α,β-unsaturated/α-hetero) is 1. The summed E-state index contributed by atoms with van der Waals surface area (Å²) in [7, 11) is -4.08. The zero-order valence-corrected chi connectivity index (χ0v) is 23.0. The SMILES string of the molecule is C[C@]12CCC(=O)CC1=NC[C@@H]1[C@H]2CC[C@]2(C)C(C(=O)N(c3ccccc3)S(=O)(=O)c3ccccc3)CC[C@@H]12. The number of ketones is 1. The number of aliphatic imine (C=N–C) groups is 1. The molecule has 2 aromatic rings. The second-order valence-electron chi connectivity index (χ2n) is 12.2. The zero-order chi connectivity index (χ0) is 26.7. The van der Waals surface area contributed by atoms with Crippen LogP contribution in [0.3, 0.4) is 0 Å². The standard InChI is InChI=1S/C31H36N2O4S/c1-30-18-16-26-24(20-32-28-19-22(34)15-17-31(26,28)2)25(30)13-14-27(30)29(35)33(21-9-5-3-6-10-21)38(36,37)23-11-7-4-8-12-23/h3-12,24-27H,13-20H2,1-2H3/t24-,25-,26+,27?,30-,31+/m0/s1. The minimum absolute atomic E-state index is 0.0347. The van der Waals surface area contributed by atoms with Gasteiger partial charge in [-0.25, -0.2) is 12.7 Å². The number of nitrogens with zero attached hydrogens (tertiary/aromatic N) is 2. The topological polar surface area (TPSA) is 83.9 Å². The largest absolute Gasteiger partial charge is 0.299 e. The van der Waals surface area contributed by atoms with E-state index >= 15 is 0 Å². The van der Waals surface area contributed by atoms with Crippen molar-refractivity contribution < 1.29 is 18.0 Å². The Morgan fingerprint density at radius 2 is 1.61 bits per heavy atom. The van der Waals surface area contributed by atoms with E-state index in [4.69, 9.17) is 4.99 Å². The molecule has 0 spiro atoms. The van der Waals surface area contributed by atoms with Gasteiger partial charge in [0, 0.05) is 36.4 Å². The normalized spacial score (nSPS) is 34.5. The molecular weight excluding hydrogens is 496 g/mol. The van der Waals surface area contributed by atoms with E-state index in [1.165, 1.54) is 0 Å². The van der Waals surface area contributed by atoms with Crippen molar-refractivity contribution >= 4 is 33.1 Å². The maximum Gasteiger partial charge on any atom is 0.270 e. The first-order chi connectivity index (χ1) is 18.2. The first-order valence-electron chi connectivity index (χ1n) is 13.9. The second kappa shape index (κ2) is 9.15. The Kier molecular flexibility index (Phi) is 6.13. The third-order valence-electron chi connectivity index (χ3n) is 10.5. The number of para-hydroxylation sites is 1. The van der Waals surface area contributed by atoms with E-state index in [0.717, 1.165) is 42.2 Å². The molecule has 0 bridgehead atoms. The summed E-state index contributed by atoms with van der Waals surface area (Å²) in [4.78, 5) is 31.7. The van der Waals surface area contributed by atoms with Crippen molar-refractivity contribution in [2.75, 3.05) is 10.8 Å². The molecule has 1 amide bonds. The maximum atomic E-state index is 14.4. The Labute approximate surface area is 225 Å². The van der Waals surface area contributed by atoms with E-state index in [2.05, 4.69) is 13.8 Å². The molecule has 200 valence electrons. The van der Waals surface area contributed by atoms with E-state index in [9.17, 15) is 18.0 Å². The summed E-state index contributed by atoms with van der Waals surface area (Å²) in [5.74, 6) is 0.744. The van der Waals surface area contributed by atoms with Crippen molar-refractivity contribution in [2.45, 2.75) is 63.7 Å². The van der Waals surface area contributed by atoms with Gasteiger partial charge >= 0.3 is 0 Å². The fourth-order valence-corrected chi connectivity index (χ4v) is 9.87. The van der Waals surface area contributed by atoms with Crippen molar-refractivity contribution in [1.29, 1.82) is 0 Å². The fourth-order valence-electron chi connectivity index (χ4n) is 8.40. The number of hydrogen-bond acceptors (Lipinski definition) is 5. The molecule has 3 aliphatic carbocycles. The summed E-state index contributed by atoms with van der Waals surface area (Å²) in [6.07, 6.45) is 5.46. The lowest BCUT2D eigenvalue weighted by molar-refractivity contribution is -0.128. The third-order valence-corrected chi connectivity index (χ3v) is 12.2. The molecular formula is C31H36N2O4S. The minimum Gasteiger partial charge on any atom is -0.299 e. The Morgan fingerprint density at radius 3 is 2.32 bits per heavy atom. The van der Waals surface area contributed by atoms with Crippen molar-refractivity contribution in [3.8, 4) is 0 Å². The van der Waals surface area contributed by atoms with Gasteiger partial charge in [-0.15, -0.1) is 0 Å². The number of sulfonamides is 1. The highest BCUT2D eigenvalue weighted by Crippen LogP contribution is 2.64. The predicted molar refractivity (Wildman–Crippen MR) is 147 cm³/mol. The first kappa shape index (κ1) is 25.5. The van der Waals surface area contributed by atoms with E-state index in [0.29, 0.717) is 48.5 Å². The lowest BCUT2D eigenvalue weighted by atomic mass is 9.49. The zero-order valence-electron chi connectivity index (χ0n) is 22.2. The van der Waals surface area contributed by atoms with Crippen molar-refractivity contribution in [1.82, 2.24) is 0 Å². The van der Waals surface area contributed by atoms with Crippen LogP contribution in [-0.2, 0) is 19.6 Å². The summed E-state index contributed by atoms with van der Waals surface area (Å²) in [6, 6.07) is 17.0. The van der Waals surface area contributed by atoms with Gasteiger partial charge in [-0.2, -0.15) is 0 Å². The molecule has 6 rings (SSSR count). The van der Waals surface area contributed by atoms with E-state index in [-0.39, 0.29) is 27.6 Å². The molecule has 6 nitrogen and oxygen atoms in total. The average molecular weight is 533 g/mol. The lowest BCUT2D eigenvalue weighted by Crippen LogP contribution is -2.55. The number of hydrogen-bond donors (Lipinski definition) is 0. The van der Waals surface area contributed by atoms with Crippen molar-refractivity contribution in [3.05, 3.63) is 60.7 Å². The Hall–Kier alpha value is -2.80. The van der Waals surface area contributed by atoms with Gasteiger partial charge in [0.05, 0.1) is 10.6 Å². The Bertz CT molecular complexity index is 1390. The van der Waals surface area contributed by atoms with Crippen LogP contribution in [0.25, 0.3) is 0 Å². The smallest absolute Gasteiger partial charge is 0.270 e. The van der Waals surface area contributed by atoms with Gasteiger partial charge in [0.25, 0.3) is 10.0 Å². The van der Waals surface area contributed by atoms with Gasteiger partial charge in [0.1, 0.15) is 5.78 Å². The van der Waals surface area contributed by atoms with Crippen LogP contribution in [0.2, 0.25) is 0 Å². The number of carbonyl (C=O) groups is 2. The number of carbonyl (C=O) groups excluding carboxylic acids is 2. The summed E-state index contributed by atoms with van der Waals surface area (Å²) in [5, 5.41) is 0. The van der Waals surface area contributed by atoms with Gasteiger partial charge < -0.3 is 0 Å². The fraction of sp³-hybridized carbons (Fsp3) is 0.516. The quantitative estimate of drug-likeness (QED) is 0.507. The summed E-state index contributed by atoms with van der Waals surface area (Å²) in [5.41, 5.74) is 1.15. The second-order valence-corrected chi connectivity index (χ2v) is 14.0. The van der Waals surface area contributed by atoms with Gasteiger partial charge in [-0.05, 0) is 79.5 Å². The molecule has 0 radical (unpaired) electrons. The van der Waals surface area contributed by atoms with Gasteiger partial charge in [0.2, 0.25) is 5.91 Å². The lowest BCUT2D eigenvalue weighted by Gasteiger charge is -2.56. The summed E-state index contributed by atoms with van der Waals surface area (Å²) >= 11 is 0. The predicted octanol–water partition coefficient (Wildman–Crippen LogP) is 5.68. The van der Waals surface area contributed by atoms with Crippen molar-refractivity contribution in [3.63, 3.8) is 0 Å². The van der Waals surface area contributed by atoms with Crippen LogP contribution < -0.4 is 4.31 Å². The highest BCUT2D eigenvalue weighted by Gasteiger charge is 2.61. The average Bonchev–Trinajstić information content (AvgIpc) is 3.27. The molecule has 1 aliphatic heterocycles. The van der Waals surface area contributed by atoms with Crippen molar-refractivity contribution in [2.24, 2.45) is 39.5 Å². The molecule has 0 aromatic heterocycles. The van der Waals surface area contributed by atoms with Crippen LogP contribution in [-0.4, -0.2) is 32.4 Å². The molecule has 38 heavy (non-hydrogen) atoms. The highest BCUT2D eigenvalue weighted by molar-refractivity contribution is 7.93. The maximum absolute atomic E-state index is 14.4. The number of anilines is 1. The number of rotatable bonds is 4. The molecule has 0 saturated heterocycles. The molecule has 4 aliphatic rings. The summed E-state index contributed by atoms with van der Waals surface area (Å²) < 4.78 is 28.9. The summed E-state index contributed by atoms with van der Waals surface area (Å²) in [6.45, 7) is 5.24. The van der Waals surface area contributed by atoms with Crippen LogP contribution in [0, 0.1) is 34.5 Å². The van der Waals surface area contributed by atoms with Crippen LogP contribution in [0.5, 0.6) is 0 Å². The van der Waals surface area contributed by atoms with Gasteiger partial charge in [-0.3, -0.25) is 14.6 Å². The van der Waals surface area contributed by atoms with Gasteiger partial charge in [-0.1, -0.05) is 50.2 Å². The molecule has 3 fully saturated rings. The molecule has 2 aromatic carbocycles. The number of amides is 1. The monoisotopic (exact) mass is 532 g/mol. The van der Waals surface area contributed by atoms with Crippen LogP contribution in [0.4, 0.5) is 5.69 Å². The molecule has 7 heteroatoms. The molecule has 0 N–H and O–H groups in total. The first-order valence-corrected chi connectivity index (χ1v) is 15.3. The Balaban J connectivity index is 1.35. The number of benzene rings is 2. The minimum atomic E-state index is -4.08. The third kappa shape index (κ3) is 3.80. The van der Waals surface area contributed by atoms with Gasteiger partial charge in [0.15, 0.2) is 0 Å². The Morgan fingerprint density at radius 1 is 0.921 bits per heavy atom. The van der Waals surface area contributed by atoms with Crippen LogP contribution in [0.15, 0.2) is 70.6 Å². The number of fused-ring (bicyclic) bond motifs is 5. The van der Waals surface area contributed by atoms with E-state index in [1.54, 1.807) is 54.6 Å². The molecule has 6 atom stereocenters. The molecule has 1 heterocycles. The van der Waals surface area contributed by atoms with E-state index < -0.39 is 10.0 Å². The molecule has 1 unspecified atom stereocenters. The van der Waals surface area contributed by atoms with Crippen LogP contribution >= 0.6 is 0 Å².